The van der Waals surface area contributed by atoms with Gasteiger partial charge < -0.3 is 19.7 Å². The van der Waals surface area contributed by atoms with Crippen LogP contribution in [0.5, 0.6) is 0 Å². The number of carbonyl (C=O) groups excluding carboxylic acids is 2. The number of rotatable bonds is 12. The second-order valence-corrected chi connectivity index (χ2v) is 11.0. The van der Waals surface area contributed by atoms with E-state index in [1.807, 2.05) is 103 Å². The third kappa shape index (κ3) is 7.68. The van der Waals surface area contributed by atoms with Crippen LogP contribution in [0.3, 0.4) is 0 Å². The van der Waals surface area contributed by atoms with Crippen LogP contribution in [0.25, 0.3) is 10.9 Å². The number of nitrogens with zero attached hydrogens (tertiary/aromatic N) is 3. The molecule has 0 aliphatic carbocycles. The maximum absolute atomic E-state index is 14.0. The highest BCUT2D eigenvalue weighted by Gasteiger charge is 2.23. The van der Waals surface area contributed by atoms with E-state index < -0.39 is 5.82 Å². The summed E-state index contributed by atoms with van der Waals surface area (Å²) in [5.41, 5.74) is 5.72. The van der Waals surface area contributed by atoms with Crippen LogP contribution < -0.4 is 4.90 Å². The molecule has 7 heteroatoms. The third-order valence-electron chi connectivity index (χ3n) is 7.72. The Bertz CT molecular complexity index is 1650. The summed E-state index contributed by atoms with van der Waals surface area (Å²) >= 11 is 0. The van der Waals surface area contributed by atoms with E-state index in [-0.39, 0.29) is 18.4 Å². The molecule has 0 fully saturated rings. The average molecular weight is 577 g/mol. The lowest BCUT2D eigenvalue weighted by molar-refractivity contribution is -0.132. The van der Waals surface area contributed by atoms with Gasteiger partial charge in [0.05, 0.1) is 0 Å². The molecule has 0 atom stereocenters. The second kappa shape index (κ2) is 13.8. The molecular weight excluding hydrogens is 539 g/mol. The minimum Gasteiger partial charge on any atom is -0.378 e. The molecule has 2 amide bonds. The minimum absolute atomic E-state index is 0.0767. The van der Waals surface area contributed by atoms with Crippen LogP contribution in [0.1, 0.15) is 27.0 Å². The molecule has 0 saturated heterocycles. The molecule has 0 bridgehead atoms. The number of aromatic amines is 1. The number of amides is 2. The van der Waals surface area contributed by atoms with Gasteiger partial charge in [0.25, 0.3) is 5.91 Å². The molecule has 1 aromatic heterocycles. The smallest absolute Gasteiger partial charge is 0.254 e. The van der Waals surface area contributed by atoms with Crippen LogP contribution in [0.2, 0.25) is 0 Å². The maximum Gasteiger partial charge on any atom is 0.254 e. The van der Waals surface area contributed by atoms with Crippen LogP contribution in [0, 0.1) is 5.82 Å². The van der Waals surface area contributed by atoms with Gasteiger partial charge in [-0.15, -0.1) is 0 Å². The molecule has 0 radical (unpaired) electrons. The van der Waals surface area contributed by atoms with Crippen molar-refractivity contribution in [2.75, 3.05) is 38.6 Å². The number of hydrogen-bond donors (Lipinski definition) is 1. The van der Waals surface area contributed by atoms with Gasteiger partial charge in [0.1, 0.15) is 12.4 Å². The number of fused-ring (bicyclic) bond motifs is 1. The lowest BCUT2D eigenvalue weighted by Crippen LogP contribution is -2.44. The zero-order chi connectivity index (χ0) is 30.2. The van der Waals surface area contributed by atoms with Gasteiger partial charge in [-0.2, -0.15) is 0 Å². The van der Waals surface area contributed by atoms with Crippen molar-refractivity contribution in [1.82, 2.24) is 14.8 Å². The summed E-state index contributed by atoms with van der Waals surface area (Å²) in [6.45, 7) is 1.20. The maximum atomic E-state index is 14.0. The van der Waals surface area contributed by atoms with Crippen molar-refractivity contribution in [3.63, 3.8) is 0 Å². The highest BCUT2D eigenvalue weighted by molar-refractivity contribution is 5.96. The fourth-order valence-corrected chi connectivity index (χ4v) is 5.21. The highest BCUT2D eigenvalue weighted by Crippen LogP contribution is 2.20. The molecule has 5 aromatic rings. The van der Waals surface area contributed by atoms with Crippen molar-refractivity contribution < 1.29 is 14.0 Å². The molecular formula is C36H37FN4O2. The first-order valence-electron chi connectivity index (χ1n) is 14.5. The summed E-state index contributed by atoms with van der Waals surface area (Å²) in [5.74, 6) is -0.844. The zero-order valence-electron chi connectivity index (χ0n) is 24.7. The van der Waals surface area contributed by atoms with Gasteiger partial charge in [0, 0.05) is 62.1 Å². The Kier molecular flexibility index (Phi) is 9.52. The summed E-state index contributed by atoms with van der Waals surface area (Å²) in [5, 5.41) is 1.14. The Labute approximate surface area is 252 Å². The molecule has 0 aliphatic heterocycles. The van der Waals surface area contributed by atoms with E-state index in [9.17, 15) is 14.0 Å². The summed E-state index contributed by atoms with van der Waals surface area (Å²) in [7, 11) is 3.99. The van der Waals surface area contributed by atoms with Crippen molar-refractivity contribution in [2.24, 2.45) is 0 Å². The van der Waals surface area contributed by atoms with Gasteiger partial charge in [-0.25, -0.2) is 4.39 Å². The van der Waals surface area contributed by atoms with E-state index in [0.29, 0.717) is 38.0 Å². The number of anilines is 1. The van der Waals surface area contributed by atoms with Crippen LogP contribution >= 0.6 is 0 Å². The number of aromatic nitrogens is 1. The Morgan fingerprint density at radius 1 is 0.721 bits per heavy atom. The fraction of sp³-hybridized carbons (Fsp3) is 0.222. The minimum atomic E-state index is -0.410. The number of H-pyrrole nitrogens is 1. The van der Waals surface area contributed by atoms with Gasteiger partial charge in [0.2, 0.25) is 5.91 Å². The monoisotopic (exact) mass is 576 g/mol. The number of hydrogen-bond acceptors (Lipinski definition) is 3. The lowest BCUT2D eigenvalue weighted by atomic mass is 10.1. The normalized spacial score (nSPS) is 11.0. The summed E-state index contributed by atoms with van der Waals surface area (Å²) in [4.78, 5) is 36.4. The number of para-hydroxylation sites is 1. The average Bonchev–Trinajstić information content (AvgIpc) is 3.45. The van der Waals surface area contributed by atoms with Gasteiger partial charge in [-0.05, 0) is 72.0 Å². The standard InChI is InChI=1S/C36H37FN4O2/c1-39(2)32-18-12-28(13-19-32)25-40(23-21-30-24-38-34-11-7-6-10-33(30)34)35(42)26-41(22-20-27-8-4-3-5-9-27)36(43)29-14-16-31(37)17-15-29/h3-19,24,38H,20-23,25-26H2,1-2H3. The largest absolute Gasteiger partial charge is 0.378 e. The Morgan fingerprint density at radius 2 is 1.40 bits per heavy atom. The van der Waals surface area contributed by atoms with Gasteiger partial charge in [-0.3, -0.25) is 9.59 Å². The topological polar surface area (TPSA) is 59.7 Å². The van der Waals surface area contributed by atoms with E-state index in [1.54, 1.807) is 4.90 Å². The Morgan fingerprint density at radius 3 is 2.12 bits per heavy atom. The van der Waals surface area contributed by atoms with Crippen molar-refractivity contribution in [2.45, 2.75) is 19.4 Å². The highest BCUT2D eigenvalue weighted by atomic mass is 19.1. The Balaban J connectivity index is 1.38. The Hall–Kier alpha value is -4.91. The van der Waals surface area contributed by atoms with Gasteiger partial charge in [0.15, 0.2) is 0 Å². The quantitative estimate of drug-likeness (QED) is 0.189. The van der Waals surface area contributed by atoms with Gasteiger partial charge in [-0.1, -0.05) is 60.7 Å². The number of carbonyl (C=O) groups is 2. The van der Waals surface area contributed by atoms with Crippen LogP contribution in [0.15, 0.2) is 109 Å². The third-order valence-corrected chi connectivity index (χ3v) is 7.72. The molecule has 1 N–H and O–H groups in total. The zero-order valence-corrected chi connectivity index (χ0v) is 24.7. The lowest BCUT2D eigenvalue weighted by Gasteiger charge is -2.28. The predicted molar refractivity (Wildman–Crippen MR) is 171 cm³/mol. The fourth-order valence-electron chi connectivity index (χ4n) is 5.21. The van der Waals surface area contributed by atoms with E-state index in [4.69, 9.17) is 0 Å². The molecule has 5 rings (SSSR count). The van der Waals surface area contributed by atoms with E-state index in [2.05, 4.69) is 11.1 Å². The SMILES string of the molecule is CN(C)c1ccc(CN(CCc2c[nH]c3ccccc23)C(=O)CN(CCc2ccccc2)C(=O)c2ccc(F)cc2)cc1. The molecule has 220 valence electrons. The summed E-state index contributed by atoms with van der Waals surface area (Å²) in [6, 6.07) is 31.7. The summed E-state index contributed by atoms with van der Waals surface area (Å²) in [6.07, 6.45) is 3.27. The molecule has 6 nitrogen and oxygen atoms in total. The molecule has 0 spiro atoms. The number of halogens is 1. The second-order valence-electron chi connectivity index (χ2n) is 11.0. The van der Waals surface area contributed by atoms with Crippen molar-refractivity contribution >= 4 is 28.4 Å². The first kappa shape index (κ1) is 29.6. The van der Waals surface area contributed by atoms with Crippen LogP contribution in [-0.2, 0) is 24.2 Å². The number of benzene rings is 4. The first-order chi connectivity index (χ1) is 20.9. The van der Waals surface area contributed by atoms with E-state index in [1.165, 1.54) is 24.3 Å². The van der Waals surface area contributed by atoms with E-state index in [0.717, 1.165) is 33.3 Å². The van der Waals surface area contributed by atoms with Gasteiger partial charge >= 0.3 is 0 Å². The molecule has 0 saturated carbocycles. The molecule has 43 heavy (non-hydrogen) atoms. The summed E-state index contributed by atoms with van der Waals surface area (Å²) < 4.78 is 13.6. The van der Waals surface area contributed by atoms with E-state index >= 15 is 0 Å². The molecule has 4 aromatic carbocycles. The van der Waals surface area contributed by atoms with Crippen LogP contribution in [0.4, 0.5) is 10.1 Å². The first-order valence-corrected chi connectivity index (χ1v) is 14.5. The molecule has 0 aliphatic rings. The number of nitrogens with one attached hydrogen (secondary N) is 1. The van der Waals surface area contributed by atoms with Crippen molar-refractivity contribution in [1.29, 1.82) is 0 Å². The molecule has 0 unspecified atom stereocenters. The predicted octanol–water partition coefficient (Wildman–Crippen LogP) is 6.33. The van der Waals surface area contributed by atoms with Crippen molar-refractivity contribution in [3.8, 4) is 0 Å². The van der Waals surface area contributed by atoms with Crippen molar-refractivity contribution in [3.05, 3.63) is 137 Å². The molecule has 1 heterocycles. The van der Waals surface area contributed by atoms with Crippen LogP contribution in [-0.4, -0.2) is 60.3 Å².